The summed E-state index contributed by atoms with van der Waals surface area (Å²) in [5.74, 6) is 0.818. The Labute approximate surface area is 154 Å². The number of piperidine rings is 1. The number of hydrogen-bond donors (Lipinski definition) is 1. The maximum atomic E-state index is 13.7. The molecule has 1 aliphatic rings. The van der Waals surface area contributed by atoms with Crippen molar-refractivity contribution in [2.24, 2.45) is 0 Å². The first-order valence-corrected chi connectivity index (χ1v) is 8.63. The monoisotopic (exact) mass is 415 g/mol. The summed E-state index contributed by atoms with van der Waals surface area (Å²) in [7, 11) is 0. The average molecular weight is 416 g/mol. The second-order valence-corrected chi connectivity index (χ2v) is 7.42. The van der Waals surface area contributed by atoms with Gasteiger partial charge in [-0.25, -0.2) is 13.6 Å². The second kappa shape index (κ2) is 7.30. The molecule has 1 aromatic rings. The van der Waals surface area contributed by atoms with Gasteiger partial charge in [0.05, 0.1) is 6.10 Å². The molecule has 1 aliphatic heterocycles. The van der Waals surface area contributed by atoms with Gasteiger partial charge in [-0.2, -0.15) is 0 Å². The van der Waals surface area contributed by atoms with Crippen LogP contribution < -0.4 is 0 Å². The highest BCUT2D eigenvalue weighted by Gasteiger charge is 2.45. The van der Waals surface area contributed by atoms with Crippen LogP contribution in [0.15, 0.2) is 18.2 Å². The van der Waals surface area contributed by atoms with E-state index in [4.69, 9.17) is 4.74 Å². The smallest absolute Gasteiger partial charge is 0.410 e. The molecule has 1 amide bonds. The van der Waals surface area contributed by atoms with Crippen LogP contribution in [-0.4, -0.2) is 40.9 Å². The Balaban J connectivity index is 2.41. The first-order valence-electron chi connectivity index (χ1n) is 7.83. The molecule has 1 fully saturated rings. The van der Waals surface area contributed by atoms with Crippen molar-refractivity contribution in [3.63, 3.8) is 0 Å². The van der Waals surface area contributed by atoms with E-state index in [9.17, 15) is 18.7 Å². The Kier molecular flexibility index (Phi) is 5.75. The van der Waals surface area contributed by atoms with E-state index in [2.05, 4.69) is 26.7 Å². The molecule has 1 N–H and O–H groups in total. The van der Waals surface area contributed by atoms with Crippen LogP contribution in [-0.2, 0) is 10.2 Å². The predicted octanol–water partition coefficient (Wildman–Crippen LogP) is 3.56. The molecule has 1 aromatic carbocycles. The normalized spacial score (nSPS) is 23.6. The minimum absolute atomic E-state index is 0.00670. The van der Waals surface area contributed by atoms with Crippen molar-refractivity contribution in [3.05, 3.63) is 35.4 Å². The van der Waals surface area contributed by atoms with Crippen molar-refractivity contribution in [1.29, 1.82) is 0 Å². The molecule has 0 aromatic heterocycles. The van der Waals surface area contributed by atoms with E-state index in [1.165, 1.54) is 11.0 Å². The van der Waals surface area contributed by atoms with E-state index < -0.39 is 34.8 Å². The molecule has 1 saturated heterocycles. The number of nitrogens with zero attached hydrogens (tertiary/aromatic N) is 1. The molecular formula is C18H20BrF2NO3. The lowest BCUT2D eigenvalue weighted by Crippen LogP contribution is -2.56. The summed E-state index contributed by atoms with van der Waals surface area (Å²) in [5.41, 5.74) is -1.61. The molecule has 0 spiro atoms. The number of benzene rings is 1. The number of halogens is 3. The number of carbonyl (C=O) groups is 1. The third-order valence-corrected chi connectivity index (χ3v) is 4.24. The van der Waals surface area contributed by atoms with Crippen LogP contribution in [0.5, 0.6) is 0 Å². The van der Waals surface area contributed by atoms with Gasteiger partial charge in [0.2, 0.25) is 0 Å². The number of ether oxygens (including phenoxy) is 1. The third-order valence-electron chi connectivity index (χ3n) is 4.04. The van der Waals surface area contributed by atoms with Crippen LogP contribution >= 0.6 is 15.9 Å². The number of rotatable bonds is 1. The van der Waals surface area contributed by atoms with Crippen LogP contribution in [0.1, 0.15) is 32.8 Å². The molecule has 136 valence electrons. The first-order chi connectivity index (χ1) is 11.6. The van der Waals surface area contributed by atoms with Crippen molar-refractivity contribution in [2.75, 3.05) is 13.1 Å². The lowest BCUT2D eigenvalue weighted by molar-refractivity contribution is -0.00731. The van der Waals surface area contributed by atoms with Crippen LogP contribution in [0.25, 0.3) is 0 Å². The predicted molar refractivity (Wildman–Crippen MR) is 93.2 cm³/mol. The molecule has 0 saturated carbocycles. The van der Waals surface area contributed by atoms with Gasteiger partial charge >= 0.3 is 6.09 Å². The third kappa shape index (κ3) is 4.31. The number of carbonyl (C=O) groups excluding carboxylic acids is 1. The van der Waals surface area contributed by atoms with Crippen LogP contribution in [0.4, 0.5) is 13.6 Å². The van der Waals surface area contributed by atoms with Crippen LogP contribution in [0.3, 0.4) is 0 Å². The Morgan fingerprint density at radius 2 is 2.08 bits per heavy atom. The van der Waals surface area contributed by atoms with Gasteiger partial charge < -0.3 is 14.7 Å². The summed E-state index contributed by atoms with van der Waals surface area (Å²) in [6, 6.07) is 3.37. The summed E-state index contributed by atoms with van der Waals surface area (Å²) in [6.45, 7) is 5.55. The van der Waals surface area contributed by atoms with E-state index in [1.54, 1.807) is 20.8 Å². The molecule has 0 unspecified atom stereocenters. The molecule has 7 heteroatoms. The van der Waals surface area contributed by atoms with Crippen LogP contribution in [0, 0.1) is 22.4 Å². The second-order valence-electron chi connectivity index (χ2n) is 7.03. The van der Waals surface area contributed by atoms with Gasteiger partial charge in [-0.05, 0) is 49.7 Å². The minimum atomic E-state index is -1.24. The van der Waals surface area contributed by atoms with Gasteiger partial charge in [0.1, 0.15) is 11.0 Å². The summed E-state index contributed by atoms with van der Waals surface area (Å²) < 4.78 is 32.4. The van der Waals surface area contributed by atoms with Crippen molar-refractivity contribution in [1.82, 2.24) is 4.90 Å². The largest absolute Gasteiger partial charge is 0.444 e. The van der Waals surface area contributed by atoms with Gasteiger partial charge in [0, 0.05) is 29.0 Å². The van der Waals surface area contributed by atoms with Gasteiger partial charge in [-0.3, -0.25) is 0 Å². The number of aliphatic hydroxyl groups is 1. The maximum Gasteiger partial charge on any atom is 0.410 e. The zero-order chi connectivity index (χ0) is 18.8. The Hall–Kier alpha value is -1.65. The standard InChI is InChI=1S/C18H20BrF2NO3/c1-17(2,3)25-16(24)22-9-6-15(23)18(11-22,7-8-19)12-4-5-13(20)14(21)10-12/h4-5,10,15,23H,6,9,11H2,1-3H3/t15-,18+/m1/s1. The van der Waals surface area contributed by atoms with E-state index in [0.717, 1.165) is 12.1 Å². The van der Waals surface area contributed by atoms with E-state index in [1.807, 2.05) is 0 Å². The minimum Gasteiger partial charge on any atom is -0.444 e. The fourth-order valence-electron chi connectivity index (χ4n) is 2.83. The first kappa shape index (κ1) is 19.7. The Bertz CT molecular complexity index is 723. The molecule has 0 aliphatic carbocycles. The van der Waals surface area contributed by atoms with Gasteiger partial charge in [0.25, 0.3) is 0 Å². The highest BCUT2D eigenvalue weighted by molar-refractivity contribution is 9.12. The van der Waals surface area contributed by atoms with Crippen LogP contribution in [0.2, 0.25) is 0 Å². The van der Waals surface area contributed by atoms with E-state index in [-0.39, 0.29) is 19.5 Å². The van der Waals surface area contributed by atoms with Gasteiger partial charge in [-0.1, -0.05) is 12.0 Å². The molecular weight excluding hydrogens is 396 g/mol. The fraction of sp³-hybridized carbons (Fsp3) is 0.500. The van der Waals surface area contributed by atoms with Crippen molar-refractivity contribution in [2.45, 2.75) is 44.3 Å². The average Bonchev–Trinajstić information content (AvgIpc) is 2.50. The quantitative estimate of drug-likeness (QED) is 0.713. The maximum absolute atomic E-state index is 13.7. The molecule has 2 rings (SSSR count). The molecule has 4 nitrogen and oxygen atoms in total. The molecule has 25 heavy (non-hydrogen) atoms. The lowest BCUT2D eigenvalue weighted by atomic mass is 9.72. The SMILES string of the molecule is CC(C)(C)OC(=O)N1CC[C@@H](O)[C@](C#CBr)(c2ccc(F)c(F)c2)C1. The molecule has 1 heterocycles. The highest BCUT2D eigenvalue weighted by atomic mass is 79.9. The van der Waals surface area contributed by atoms with Crippen molar-refractivity contribution in [3.8, 4) is 10.8 Å². The molecule has 2 atom stereocenters. The van der Waals surface area contributed by atoms with Crippen molar-refractivity contribution < 1.29 is 23.4 Å². The number of aliphatic hydroxyl groups excluding tert-OH is 1. The Morgan fingerprint density at radius 1 is 1.40 bits per heavy atom. The summed E-state index contributed by atoms with van der Waals surface area (Å²) >= 11 is 3.01. The van der Waals surface area contributed by atoms with Gasteiger partial charge in [0.15, 0.2) is 11.6 Å². The number of likely N-dealkylation sites (tertiary alicyclic amines) is 1. The number of amides is 1. The zero-order valence-corrected chi connectivity index (χ0v) is 15.9. The van der Waals surface area contributed by atoms with Gasteiger partial charge in [-0.15, -0.1) is 0 Å². The Morgan fingerprint density at radius 3 is 2.64 bits per heavy atom. The lowest BCUT2D eigenvalue weighted by Gasteiger charge is -2.43. The topological polar surface area (TPSA) is 49.8 Å². The summed E-state index contributed by atoms with van der Waals surface area (Å²) in [5, 5.41) is 10.6. The zero-order valence-electron chi connectivity index (χ0n) is 14.3. The summed E-state index contributed by atoms with van der Waals surface area (Å²) in [6.07, 6.45) is -1.25. The van der Waals surface area contributed by atoms with E-state index in [0.29, 0.717) is 5.56 Å². The fourth-order valence-corrected chi connectivity index (χ4v) is 3.18. The summed E-state index contributed by atoms with van der Waals surface area (Å²) in [4.78, 5) is 16.4. The van der Waals surface area contributed by atoms with E-state index >= 15 is 0 Å². The molecule has 0 bridgehead atoms. The highest BCUT2D eigenvalue weighted by Crippen LogP contribution is 2.35. The number of hydrogen-bond acceptors (Lipinski definition) is 3. The molecule has 0 radical (unpaired) electrons. The van der Waals surface area contributed by atoms with Crippen molar-refractivity contribution >= 4 is 22.0 Å².